The molecule has 1 saturated carbocycles. The van der Waals surface area contributed by atoms with Gasteiger partial charge in [0.15, 0.2) is 0 Å². The minimum absolute atomic E-state index is 0.226. The van der Waals surface area contributed by atoms with Crippen LogP contribution in [0.3, 0.4) is 0 Å². The first-order chi connectivity index (χ1) is 16.5. The summed E-state index contributed by atoms with van der Waals surface area (Å²) >= 11 is 3.21. The van der Waals surface area contributed by atoms with Crippen molar-refractivity contribution in [3.8, 4) is 5.75 Å². The summed E-state index contributed by atoms with van der Waals surface area (Å²) in [6.45, 7) is 0.357. The van der Waals surface area contributed by atoms with Crippen LogP contribution in [-0.4, -0.2) is 72.2 Å². The van der Waals surface area contributed by atoms with E-state index >= 15 is 0 Å². The molecule has 2 aliphatic rings. The number of benzene rings is 1. The van der Waals surface area contributed by atoms with Gasteiger partial charge < -0.3 is 20.1 Å². The molecule has 2 N–H and O–H groups in total. The van der Waals surface area contributed by atoms with E-state index in [9.17, 15) is 14.4 Å². The SMILES string of the molecule is COC(=O)N1CSCC1C(=O)NC(CSCC1CCCCC1)C(=O)NCc1ccc(OC)cc1. The van der Waals surface area contributed by atoms with E-state index in [1.165, 1.54) is 55.9 Å². The Morgan fingerprint density at radius 1 is 1.15 bits per heavy atom. The summed E-state index contributed by atoms with van der Waals surface area (Å²) in [4.78, 5) is 39.5. The van der Waals surface area contributed by atoms with Gasteiger partial charge in [-0.2, -0.15) is 11.8 Å². The topological polar surface area (TPSA) is 97.0 Å². The summed E-state index contributed by atoms with van der Waals surface area (Å²) in [6.07, 6.45) is 5.80. The van der Waals surface area contributed by atoms with E-state index in [0.29, 0.717) is 29.8 Å². The third-order valence-electron chi connectivity index (χ3n) is 6.22. The second-order valence-corrected chi connectivity index (χ2v) is 10.7. The second kappa shape index (κ2) is 13.7. The van der Waals surface area contributed by atoms with Crippen molar-refractivity contribution in [2.45, 2.75) is 50.7 Å². The molecule has 0 aromatic heterocycles. The zero-order valence-electron chi connectivity index (χ0n) is 19.9. The molecular weight excluding hydrogens is 474 g/mol. The third-order valence-corrected chi connectivity index (χ3v) is 8.50. The summed E-state index contributed by atoms with van der Waals surface area (Å²) in [6, 6.07) is 6.17. The van der Waals surface area contributed by atoms with Gasteiger partial charge in [-0.1, -0.05) is 31.4 Å². The highest BCUT2D eigenvalue weighted by atomic mass is 32.2. The number of rotatable bonds is 10. The highest BCUT2D eigenvalue weighted by molar-refractivity contribution is 7.99. The molecule has 3 rings (SSSR count). The van der Waals surface area contributed by atoms with Crippen molar-refractivity contribution in [1.29, 1.82) is 0 Å². The average molecular weight is 510 g/mol. The Kier molecular flexibility index (Phi) is 10.7. The van der Waals surface area contributed by atoms with Crippen molar-refractivity contribution in [3.63, 3.8) is 0 Å². The number of amides is 3. The maximum absolute atomic E-state index is 13.1. The van der Waals surface area contributed by atoms with Crippen LogP contribution < -0.4 is 15.4 Å². The number of nitrogens with zero attached hydrogens (tertiary/aromatic N) is 1. The van der Waals surface area contributed by atoms with Crippen LogP contribution in [0.15, 0.2) is 24.3 Å². The molecule has 1 aliphatic heterocycles. The van der Waals surface area contributed by atoms with Crippen molar-refractivity contribution < 1.29 is 23.9 Å². The minimum atomic E-state index is -0.676. The Morgan fingerprint density at radius 3 is 2.56 bits per heavy atom. The molecule has 1 heterocycles. The van der Waals surface area contributed by atoms with Crippen LogP contribution in [0.1, 0.15) is 37.7 Å². The van der Waals surface area contributed by atoms with E-state index < -0.39 is 18.2 Å². The number of methoxy groups -OCH3 is 2. The van der Waals surface area contributed by atoms with Crippen LogP contribution in [0, 0.1) is 5.92 Å². The molecule has 1 aliphatic carbocycles. The molecule has 0 radical (unpaired) electrons. The van der Waals surface area contributed by atoms with E-state index in [2.05, 4.69) is 10.6 Å². The number of ether oxygens (including phenoxy) is 2. The second-order valence-electron chi connectivity index (χ2n) is 8.62. The van der Waals surface area contributed by atoms with Crippen LogP contribution >= 0.6 is 23.5 Å². The number of hydrogen-bond donors (Lipinski definition) is 2. The lowest BCUT2D eigenvalue weighted by molar-refractivity contribution is -0.130. The van der Waals surface area contributed by atoms with E-state index in [-0.39, 0.29) is 11.8 Å². The molecule has 188 valence electrons. The Labute approximate surface area is 210 Å². The highest BCUT2D eigenvalue weighted by Gasteiger charge is 2.37. The predicted octanol–water partition coefficient (Wildman–Crippen LogP) is 3.25. The fourth-order valence-electron chi connectivity index (χ4n) is 4.17. The molecule has 3 amide bonds. The highest BCUT2D eigenvalue weighted by Crippen LogP contribution is 2.27. The molecule has 1 aromatic carbocycles. The van der Waals surface area contributed by atoms with Crippen LogP contribution in [-0.2, 0) is 20.9 Å². The molecule has 8 nitrogen and oxygen atoms in total. The van der Waals surface area contributed by atoms with Gasteiger partial charge >= 0.3 is 6.09 Å². The maximum Gasteiger partial charge on any atom is 0.410 e. The monoisotopic (exact) mass is 509 g/mol. The van der Waals surface area contributed by atoms with Gasteiger partial charge in [-0.15, -0.1) is 11.8 Å². The predicted molar refractivity (Wildman–Crippen MR) is 136 cm³/mol. The zero-order chi connectivity index (χ0) is 24.3. The number of hydrogen-bond acceptors (Lipinski definition) is 7. The van der Waals surface area contributed by atoms with Gasteiger partial charge in [0.05, 0.1) is 20.1 Å². The zero-order valence-corrected chi connectivity index (χ0v) is 21.6. The Hall–Kier alpha value is -2.07. The maximum atomic E-state index is 13.1. The molecule has 1 aromatic rings. The summed E-state index contributed by atoms with van der Waals surface area (Å²) in [5.74, 6) is 3.25. The normalized spacial score (nSPS) is 19.4. The fraction of sp³-hybridized carbons (Fsp3) is 0.625. The fourth-order valence-corrected chi connectivity index (χ4v) is 6.59. The summed E-state index contributed by atoms with van der Waals surface area (Å²) in [7, 11) is 2.91. The van der Waals surface area contributed by atoms with Crippen molar-refractivity contribution >= 4 is 41.4 Å². The van der Waals surface area contributed by atoms with Crippen LogP contribution in [0.4, 0.5) is 4.79 Å². The standard InChI is InChI=1S/C24H35N3O5S2/c1-31-19-10-8-17(9-11-19)12-25-22(28)20(14-33-13-18-6-4-3-5-7-18)26-23(29)21-15-34-16-27(21)24(30)32-2/h8-11,18,20-21H,3-7,12-16H2,1-2H3,(H,25,28)(H,26,29). The Morgan fingerprint density at radius 2 is 1.88 bits per heavy atom. The lowest BCUT2D eigenvalue weighted by Gasteiger charge is -2.25. The molecule has 0 bridgehead atoms. The van der Waals surface area contributed by atoms with Crippen molar-refractivity contribution in [2.75, 3.05) is 37.4 Å². The molecular formula is C24H35N3O5S2. The lowest BCUT2D eigenvalue weighted by Crippen LogP contribution is -2.54. The van der Waals surface area contributed by atoms with E-state index in [4.69, 9.17) is 9.47 Å². The Balaban J connectivity index is 1.59. The minimum Gasteiger partial charge on any atom is -0.497 e. The number of carbonyl (C=O) groups excluding carboxylic acids is 3. The van der Waals surface area contributed by atoms with Gasteiger partial charge in [0.25, 0.3) is 0 Å². The van der Waals surface area contributed by atoms with Gasteiger partial charge in [-0.05, 0) is 42.2 Å². The molecule has 2 fully saturated rings. The lowest BCUT2D eigenvalue weighted by atomic mass is 9.91. The van der Waals surface area contributed by atoms with Crippen LogP contribution in [0.2, 0.25) is 0 Å². The summed E-state index contributed by atoms with van der Waals surface area (Å²) < 4.78 is 9.98. The number of nitrogens with one attached hydrogen (secondary N) is 2. The van der Waals surface area contributed by atoms with E-state index in [1.54, 1.807) is 18.9 Å². The Bertz CT molecular complexity index is 817. The van der Waals surface area contributed by atoms with Gasteiger partial charge in [-0.3, -0.25) is 14.5 Å². The van der Waals surface area contributed by atoms with Gasteiger partial charge in [0.1, 0.15) is 17.8 Å². The van der Waals surface area contributed by atoms with Crippen LogP contribution in [0.25, 0.3) is 0 Å². The largest absolute Gasteiger partial charge is 0.497 e. The van der Waals surface area contributed by atoms with Crippen molar-refractivity contribution in [3.05, 3.63) is 29.8 Å². The number of thioether (sulfide) groups is 2. The van der Waals surface area contributed by atoms with Gasteiger partial charge in [-0.25, -0.2) is 4.79 Å². The first-order valence-electron chi connectivity index (χ1n) is 11.7. The first-order valence-corrected chi connectivity index (χ1v) is 14.0. The summed E-state index contributed by atoms with van der Waals surface area (Å²) in [5, 5.41) is 5.85. The molecule has 10 heteroatoms. The van der Waals surface area contributed by atoms with E-state index in [0.717, 1.165) is 17.1 Å². The molecule has 0 spiro atoms. The molecule has 34 heavy (non-hydrogen) atoms. The smallest absolute Gasteiger partial charge is 0.410 e. The van der Waals surface area contributed by atoms with Gasteiger partial charge in [0, 0.05) is 18.1 Å². The molecule has 2 unspecified atom stereocenters. The molecule has 2 atom stereocenters. The molecule has 1 saturated heterocycles. The van der Waals surface area contributed by atoms with Crippen molar-refractivity contribution in [1.82, 2.24) is 15.5 Å². The van der Waals surface area contributed by atoms with Gasteiger partial charge in [0.2, 0.25) is 11.8 Å². The van der Waals surface area contributed by atoms with E-state index in [1.807, 2.05) is 24.3 Å². The summed E-state index contributed by atoms with van der Waals surface area (Å²) in [5.41, 5.74) is 0.943. The van der Waals surface area contributed by atoms with Crippen molar-refractivity contribution in [2.24, 2.45) is 5.92 Å². The number of carbonyl (C=O) groups is 3. The van der Waals surface area contributed by atoms with Crippen LogP contribution in [0.5, 0.6) is 5.75 Å². The third kappa shape index (κ3) is 7.73. The first kappa shape index (κ1) is 26.5. The quantitative estimate of drug-likeness (QED) is 0.500. The average Bonchev–Trinajstić information content (AvgIpc) is 3.37.